The van der Waals surface area contributed by atoms with Crippen molar-refractivity contribution in [3.63, 3.8) is 0 Å². The fourth-order valence-electron chi connectivity index (χ4n) is 2.37. The van der Waals surface area contributed by atoms with Gasteiger partial charge in [-0.3, -0.25) is 4.79 Å². The summed E-state index contributed by atoms with van der Waals surface area (Å²) in [5.41, 5.74) is 0.317. The van der Waals surface area contributed by atoms with Crippen molar-refractivity contribution < 1.29 is 19.1 Å². The molecule has 1 aliphatic carbocycles. The van der Waals surface area contributed by atoms with E-state index in [1.807, 2.05) is 6.92 Å². The second kappa shape index (κ2) is 6.69. The number of rotatable bonds is 6. The number of aryl methyl sites for hydroxylation is 1. The van der Waals surface area contributed by atoms with Gasteiger partial charge in [-0.05, 0) is 50.3 Å². The molecule has 6 nitrogen and oxygen atoms in total. The van der Waals surface area contributed by atoms with E-state index in [1.54, 1.807) is 25.1 Å². The molecule has 0 aliphatic heterocycles. The average Bonchev–Trinajstić information content (AvgIpc) is 3.38. The van der Waals surface area contributed by atoms with Crippen LogP contribution in [-0.4, -0.2) is 31.1 Å². The average molecular weight is 316 g/mol. The maximum atomic E-state index is 12.0. The highest BCUT2D eigenvalue weighted by molar-refractivity contribution is 5.92. The number of carbonyl (C=O) groups is 2. The summed E-state index contributed by atoms with van der Waals surface area (Å²) in [7, 11) is 1.52. The van der Waals surface area contributed by atoms with E-state index in [2.05, 4.69) is 11.4 Å². The fraction of sp³-hybridized carbons (Fsp3) is 0.471. The van der Waals surface area contributed by atoms with Crippen LogP contribution < -0.4 is 10.1 Å². The van der Waals surface area contributed by atoms with E-state index in [1.165, 1.54) is 7.11 Å². The molecule has 1 atom stereocenters. The van der Waals surface area contributed by atoms with Crippen LogP contribution in [0, 0.1) is 24.2 Å². The number of ether oxygens (including phenoxy) is 2. The summed E-state index contributed by atoms with van der Waals surface area (Å²) in [6, 6.07) is 7.05. The lowest BCUT2D eigenvalue weighted by Crippen LogP contribution is -2.48. The molecule has 122 valence electrons. The van der Waals surface area contributed by atoms with E-state index >= 15 is 0 Å². The molecule has 0 unspecified atom stereocenters. The van der Waals surface area contributed by atoms with Crippen molar-refractivity contribution in [3.8, 4) is 11.8 Å². The molecule has 6 heteroatoms. The van der Waals surface area contributed by atoms with Gasteiger partial charge >= 0.3 is 5.97 Å². The zero-order valence-corrected chi connectivity index (χ0v) is 13.5. The Morgan fingerprint density at radius 3 is 2.70 bits per heavy atom. The maximum Gasteiger partial charge on any atom is 0.338 e. The largest absolute Gasteiger partial charge is 0.496 e. The van der Waals surface area contributed by atoms with Crippen LogP contribution in [-0.2, 0) is 9.53 Å². The number of nitrogens with zero attached hydrogens (tertiary/aromatic N) is 1. The number of benzene rings is 1. The third kappa shape index (κ3) is 4.01. The molecule has 0 saturated heterocycles. The van der Waals surface area contributed by atoms with Crippen LogP contribution in [0.3, 0.4) is 0 Å². The van der Waals surface area contributed by atoms with Gasteiger partial charge in [0.1, 0.15) is 11.3 Å². The Balaban J connectivity index is 1.91. The fourth-order valence-corrected chi connectivity index (χ4v) is 2.37. The molecule has 1 amide bonds. The quantitative estimate of drug-likeness (QED) is 0.811. The molecular weight excluding hydrogens is 296 g/mol. The Morgan fingerprint density at radius 1 is 1.43 bits per heavy atom. The molecule has 1 aromatic rings. The highest BCUT2D eigenvalue weighted by Gasteiger charge is 2.43. The molecule has 1 saturated carbocycles. The van der Waals surface area contributed by atoms with Gasteiger partial charge in [-0.15, -0.1) is 0 Å². The summed E-state index contributed by atoms with van der Waals surface area (Å²) in [5.74, 6) is -0.333. The summed E-state index contributed by atoms with van der Waals surface area (Å²) >= 11 is 0. The predicted molar refractivity (Wildman–Crippen MR) is 82.9 cm³/mol. The van der Waals surface area contributed by atoms with Crippen LogP contribution in [0.5, 0.6) is 5.75 Å². The van der Waals surface area contributed by atoms with E-state index in [0.29, 0.717) is 11.3 Å². The van der Waals surface area contributed by atoms with Crippen LogP contribution in [0.1, 0.15) is 35.7 Å². The summed E-state index contributed by atoms with van der Waals surface area (Å²) < 4.78 is 10.2. The van der Waals surface area contributed by atoms with Crippen LogP contribution >= 0.6 is 0 Å². The number of carbonyl (C=O) groups excluding carboxylic acids is 2. The Bertz CT molecular complexity index is 661. The zero-order valence-electron chi connectivity index (χ0n) is 13.5. The summed E-state index contributed by atoms with van der Waals surface area (Å²) in [6.07, 6.45) is 1.85. The molecule has 23 heavy (non-hydrogen) atoms. The first kappa shape index (κ1) is 16.8. The third-order valence-corrected chi connectivity index (χ3v) is 4.00. The van der Waals surface area contributed by atoms with Crippen molar-refractivity contribution in [2.24, 2.45) is 5.92 Å². The first-order chi connectivity index (χ1) is 10.9. The van der Waals surface area contributed by atoms with Gasteiger partial charge in [0.15, 0.2) is 6.61 Å². The Hall–Kier alpha value is -2.55. The molecular formula is C17H20N2O4. The van der Waals surface area contributed by atoms with Gasteiger partial charge in [-0.2, -0.15) is 5.26 Å². The smallest absolute Gasteiger partial charge is 0.338 e. The van der Waals surface area contributed by atoms with Crippen molar-refractivity contribution >= 4 is 11.9 Å². The standard InChI is InChI=1S/C17H20N2O4/c1-11-4-5-12(8-14(11)22-3)16(21)23-9-15(20)19-17(2,10-18)13-6-7-13/h4-5,8,13H,6-7,9H2,1-3H3,(H,19,20)/t17-/m1/s1. The number of esters is 1. The van der Waals surface area contributed by atoms with Gasteiger partial charge in [0.2, 0.25) is 0 Å². The van der Waals surface area contributed by atoms with Crippen molar-refractivity contribution in [2.45, 2.75) is 32.2 Å². The van der Waals surface area contributed by atoms with Crippen LogP contribution in [0.15, 0.2) is 18.2 Å². The van der Waals surface area contributed by atoms with Gasteiger partial charge in [-0.25, -0.2) is 4.79 Å². The number of hydrogen-bond acceptors (Lipinski definition) is 5. The molecule has 1 fully saturated rings. The SMILES string of the molecule is COc1cc(C(=O)OCC(=O)N[C@](C)(C#N)C2CC2)ccc1C. The lowest BCUT2D eigenvalue weighted by molar-refractivity contribution is -0.125. The molecule has 0 radical (unpaired) electrons. The molecule has 1 N–H and O–H groups in total. The van der Waals surface area contributed by atoms with Crippen molar-refractivity contribution in [1.82, 2.24) is 5.32 Å². The van der Waals surface area contributed by atoms with Gasteiger partial charge in [0.25, 0.3) is 5.91 Å². The Labute approximate surface area is 135 Å². The van der Waals surface area contributed by atoms with E-state index < -0.39 is 24.0 Å². The van der Waals surface area contributed by atoms with E-state index in [-0.39, 0.29) is 5.92 Å². The van der Waals surface area contributed by atoms with E-state index in [9.17, 15) is 14.9 Å². The van der Waals surface area contributed by atoms with Crippen LogP contribution in [0.4, 0.5) is 0 Å². The van der Waals surface area contributed by atoms with Gasteiger partial charge < -0.3 is 14.8 Å². The number of hydrogen-bond donors (Lipinski definition) is 1. The topological polar surface area (TPSA) is 88.4 Å². The maximum absolute atomic E-state index is 12.0. The lowest BCUT2D eigenvalue weighted by Gasteiger charge is -2.22. The van der Waals surface area contributed by atoms with Crippen molar-refractivity contribution in [2.75, 3.05) is 13.7 Å². The number of nitriles is 1. The highest BCUT2D eigenvalue weighted by atomic mass is 16.5. The molecule has 1 aliphatic rings. The lowest BCUT2D eigenvalue weighted by atomic mass is 9.98. The minimum Gasteiger partial charge on any atom is -0.496 e. The third-order valence-electron chi connectivity index (χ3n) is 4.00. The monoisotopic (exact) mass is 316 g/mol. The molecule has 1 aromatic carbocycles. The van der Waals surface area contributed by atoms with E-state index in [4.69, 9.17) is 9.47 Å². The van der Waals surface area contributed by atoms with Gasteiger partial charge in [-0.1, -0.05) is 6.07 Å². The van der Waals surface area contributed by atoms with Crippen molar-refractivity contribution in [3.05, 3.63) is 29.3 Å². The predicted octanol–water partition coefficient (Wildman–Crippen LogP) is 1.97. The van der Waals surface area contributed by atoms with E-state index in [0.717, 1.165) is 18.4 Å². The molecule has 2 rings (SSSR count). The minimum atomic E-state index is -0.892. The zero-order chi connectivity index (χ0) is 17.0. The number of nitrogens with one attached hydrogen (secondary N) is 1. The number of amides is 1. The number of methoxy groups -OCH3 is 1. The first-order valence-electron chi connectivity index (χ1n) is 7.43. The second-order valence-corrected chi connectivity index (χ2v) is 5.90. The van der Waals surface area contributed by atoms with Crippen molar-refractivity contribution in [1.29, 1.82) is 5.26 Å². The summed E-state index contributed by atoms with van der Waals surface area (Å²) in [4.78, 5) is 23.9. The van der Waals surface area contributed by atoms with Gasteiger partial charge in [0.05, 0.1) is 18.7 Å². The van der Waals surface area contributed by atoms with Crippen LogP contribution in [0.2, 0.25) is 0 Å². The molecule has 0 spiro atoms. The Morgan fingerprint density at radius 2 is 2.13 bits per heavy atom. The van der Waals surface area contributed by atoms with Crippen LogP contribution in [0.25, 0.3) is 0 Å². The molecule has 0 bridgehead atoms. The summed E-state index contributed by atoms with van der Waals surface area (Å²) in [6.45, 7) is 3.14. The van der Waals surface area contributed by atoms with Gasteiger partial charge in [0, 0.05) is 0 Å². The first-order valence-corrected chi connectivity index (χ1v) is 7.43. The normalized spacial score (nSPS) is 15.9. The summed E-state index contributed by atoms with van der Waals surface area (Å²) in [5, 5.41) is 11.8. The Kier molecular flexibility index (Phi) is 4.89. The molecule has 0 aromatic heterocycles. The minimum absolute atomic E-state index is 0.175. The second-order valence-electron chi connectivity index (χ2n) is 5.90. The highest BCUT2D eigenvalue weighted by Crippen LogP contribution is 2.39. The molecule has 0 heterocycles.